The van der Waals surface area contributed by atoms with Gasteiger partial charge in [0.05, 0.1) is 30.2 Å². The van der Waals surface area contributed by atoms with Gasteiger partial charge in [-0.05, 0) is 33.2 Å². The molecule has 1 heterocycles. The fraction of sp³-hybridized carbons (Fsp3) is 0.611. The first kappa shape index (κ1) is 21.5. The number of carbonyl (C=O) groups is 1. The second kappa shape index (κ2) is 8.45. The highest BCUT2D eigenvalue weighted by Gasteiger charge is 2.34. The number of likely N-dealkylation sites (N-methyl/N-ethyl adjacent to an activating group) is 1. The van der Waals surface area contributed by atoms with E-state index in [1.165, 1.54) is 0 Å². The van der Waals surface area contributed by atoms with E-state index >= 15 is 0 Å². The molecule has 0 radical (unpaired) electrons. The molecule has 1 aromatic rings. The molecule has 0 saturated carbocycles. The first-order valence-electron chi connectivity index (χ1n) is 8.87. The van der Waals surface area contributed by atoms with Gasteiger partial charge in [-0.1, -0.05) is 13.0 Å². The van der Waals surface area contributed by atoms with Crippen molar-refractivity contribution in [3.63, 3.8) is 0 Å². The van der Waals surface area contributed by atoms with Crippen molar-refractivity contribution in [1.29, 1.82) is 0 Å². The number of hydrogen-bond acceptors (Lipinski definition) is 6. The van der Waals surface area contributed by atoms with Crippen LogP contribution in [0.2, 0.25) is 0 Å². The lowest BCUT2D eigenvalue weighted by Gasteiger charge is -2.38. The molecule has 2 N–H and O–H groups in total. The first-order valence-corrected chi connectivity index (χ1v) is 10.8. The fourth-order valence-electron chi connectivity index (χ4n) is 3.10. The third-order valence-electron chi connectivity index (χ3n) is 4.53. The summed E-state index contributed by atoms with van der Waals surface area (Å²) in [6.07, 6.45) is 0.791. The summed E-state index contributed by atoms with van der Waals surface area (Å²) in [6, 6.07) is 4.44. The van der Waals surface area contributed by atoms with Gasteiger partial charge < -0.3 is 19.6 Å². The van der Waals surface area contributed by atoms with Gasteiger partial charge >= 0.3 is 0 Å². The van der Waals surface area contributed by atoms with Crippen molar-refractivity contribution in [3.05, 3.63) is 23.8 Å². The molecule has 0 unspecified atom stereocenters. The Bertz CT molecular complexity index is 781. The summed E-state index contributed by atoms with van der Waals surface area (Å²) < 4.78 is 32.2. The van der Waals surface area contributed by atoms with Crippen LogP contribution in [0.25, 0.3) is 0 Å². The zero-order chi connectivity index (χ0) is 20.4. The maximum absolute atomic E-state index is 13.1. The molecule has 1 amide bonds. The second-order valence-electron chi connectivity index (χ2n) is 7.44. The third kappa shape index (κ3) is 5.33. The van der Waals surface area contributed by atoms with E-state index in [2.05, 4.69) is 4.72 Å². The lowest BCUT2D eigenvalue weighted by atomic mass is 9.99. The van der Waals surface area contributed by atoms with E-state index in [0.29, 0.717) is 13.1 Å². The van der Waals surface area contributed by atoms with Crippen LogP contribution in [-0.2, 0) is 10.0 Å². The summed E-state index contributed by atoms with van der Waals surface area (Å²) in [5.41, 5.74) is 0.511. The number of anilines is 1. The zero-order valence-corrected chi connectivity index (χ0v) is 17.3. The Kier molecular flexibility index (Phi) is 6.72. The average Bonchev–Trinajstić information content (AvgIpc) is 2.56. The molecule has 0 saturated heterocycles. The van der Waals surface area contributed by atoms with Crippen molar-refractivity contribution in [3.8, 4) is 5.75 Å². The van der Waals surface area contributed by atoms with Gasteiger partial charge in [0.25, 0.3) is 5.91 Å². The molecule has 2 rings (SSSR count). The zero-order valence-electron chi connectivity index (χ0n) is 16.5. The Labute approximate surface area is 161 Å². The lowest BCUT2D eigenvalue weighted by Crippen LogP contribution is -2.49. The number of benzene rings is 1. The number of hydrogen-bond donors (Lipinski definition) is 2. The van der Waals surface area contributed by atoms with Gasteiger partial charge in [0, 0.05) is 19.0 Å². The normalized spacial score (nSPS) is 21.9. The standard InChI is InChI=1S/C18H29N3O5S/c1-12-9-21(13(2)11-22)18(23)14-7-6-8-15(19-27(5,24)25)17(14)26-16(12)10-20(3)4/h6-8,12-13,16,19,22H,9-11H2,1-5H3/t12-,13-,16-/m1/s1. The molecule has 8 nitrogen and oxygen atoms in total. The fourth-order valence-corrected chi connectivity index (χ4v) is 3.66. The number of ether oxygens (including phenoxy) is 1. The molecule has 3 atom stereocenters. The minimum atomic E-state index is -3.54. The van der Waals surface area contributed by atoms with Crippen LogP contribution < -0.4 is 9.46 Å². The van der Waals surface area contributed by atoms with Crippen LogP contribution in [-0.4, -0.2) is 81.4 Å². The number of aliphatic hydroxyl groups excluding tert-OH is 1. The quantitative estimate of drug-likeness (QED) is 0.735. The number of para-hydroxylation sites is 1. The van der Waals surface area contributed by atoms with Crippen LogP contribution in [0.15, 0.2) is 18.2 Å². The molecule has 0 bridgehead atoms. The minimum Gasteiger partial charge on any atom is -0.486 e. The van der Waals surface area contributed by atoms with Crippen molar-refractivity contribution >= 4 is 21.6 Å². The van der Waals surface area contributed by atoms with Crippen LogP contribution in [0.1, 0.15) is 24.2 Å². The molecule has 1 aromatic carbocycles. The Morgan fingerprint density at radius 3 is 2.63 bits per heavy atom. The van der Waals surface area contributed by atoms with E-state index in [1.807, 2.05) is 25.9 Å². The number of amides is 1. The maximum atomic E-state index is 13.1. The topological polar surface area (TPSA) is 99.2 Å². The lowest BCUT2D eigenvalue weighted by molar-refractivity contribution is 0.0366. The summed E-state index contributed by atoms with van der Waals surface area (Å²) in [5.74, 6) is -0.0925. The minimum absolute atomic E-state index is 0.0233. The first-order chi connectivity index (χ1) is 12.5. The molecular formula is C18H29N3O5S. The van der Waals surface area contributed by atoms with E-state index in [9.17, 15) is 18.3 Å². The third-order valence-corrected chi connectivity index (χ3v) is 5.12. The van der Waals surface area contributed by atoms with Gasteiger partial charge in [0.1, 0.15) is 6.10 Å². The molecule has 9 heteroatoms. The summed E-state index contributed by atoms with van der Waals surface area (Å²) >= 11 is 0. The maximum Gasteiger partial charge on any atom is 0.258 e. The number of rotatable bonds is 6. The Morgan fingerprint density at radius 2 is 2.07 bits per heavy atom. The molecule has 0 aromatic heterocycles. The predicted octanol–water partition coefficient (Wildman–Crippen LogP) is 0.840. The largest absolute Gasteiger partial charge is 0.486 e. The van der Waals surface area contributed by atoms with Crippen LogP contribution in [0.4, 0.5) is 5.69 Å². The van der Waals surface area contributed by atoms with Crippen LogP contribution in [0, 0.1) is 5.92 Å². The summed E-state index contributed by atoms with van der Waals surface area (Å²) in [7, 11) is 0.309. The van der Waals surface area contributed by atoms with E-state index in [4.69, 9.17) is 4.74 Å². The molecule has 0 aliphatic carbocycles. The summed E-state index contributed by atoms with van der Waals surface area (Å²) in [6.45, 7) is 4.64. The van der Waals surface area contributed by atoms with Gasteiger partial charge in [-0.15, -0.1) is 0 Å². The number of nitrogens with zero attached hydrogens (tertiary/aromatic N) is 2. The molecule has 27 heavy (non-hydrogen) atoms. The monoisotopic (exact) mass is 399 g/mol. The van der Waals surface area contributed by atoms with Crippen molar-refractivity contribution in [1.82, 2.24) is 9.80 Å². The molecular weight excluding hydrogens is 370 g/mol. The Balaban J connectivity index is 2.59. The number of nitrogens with one attached hydrogen (secondary N) is 1. The van der Waals surface area contributed by atoms with E-state index in [0.717, 1.165) is 6.26 Å². The van der Waals surface area contributed by atoms with Gasteiger partial charge in [0.2, 0.25) is 10.0 Å². The number of fused-ring (bicyclic) bond motifs is 1. The van der Waals surface area contributed by atoms with Crippen molar-refractivity contribution < 1.29 is 23.1 Å². The highest BCUT2D eigenvalue weighted by molar-refractivity contribution is 7.92. The highest BCUT2D eigenvalue weighted by atomic mass is 32.2. The highest BCUT2D eigenvalue weighted by Crippen LogP contribution is 2.35. The second-order valence-corrected chi connectivity index (χ2v) is 9.19. The Morgan fingerprint density at radius 1 is 1.41 bits per heavy atom. The Hall–Kier alpha value is -1.84. The van der Waals surface area contributed by atoms with Crippen molar-refractivity contribution in [2.24, 2.45) is 5.92 Å². The number of carbonyl (C=O) groups excluding carboxylic acids is 1. The van der Waals surface area contributed by atoms with Crippen LogP contribution in [0.3, 0.4) is 0 Å². The van der Waals surface area contributed by atoms with E-state index < -0.39 is 10.0 Å². The number of sulfonamides is 1. The summed E-state index contributed by atoms with van der Waals surface area (Å²) in [5, 5.41) is 9.59. The van der Waals surface area contributed by atoms with E-state index in [1.54, 1.807) is 30.0 Å². The smallest absolute Gasteiger partial charge is 0.258 e. The number of aliphatic hydroxyl groups is 1. The molecule has 0 fully saturated rings. The van der Waals surface area contributed by atoms with Gasteiger partial charge in [-0.25, -0.2) is 8.42 Å². The SMILES string of the molecule is C[C@@H]1CN([C@H](C)CO)C(=O)c2cccc(NS(C)(=O)=O)c2O[C@@H]1CN(C)C. The van der Waals surface area contributed by atoms with Gasteiger partial charge in [0.15, 0.2) is 5.75 Å². The van der Waals surface area contributed by atoms with Crippen LogP contribution in [0.5, 0.6) is 5.75 Å². The predicted molar refractivity (Wildman–Crippen MR) is 105 cm³/mol. The molecule has 152 valence electrons. The van der Waals surface area contributed by atoms with E-state index in [-0.39, 0.29) is 47.6 Å². The van der Waals surface area contributed by atoms with Crippen molar-refractivity contribution in [2.45, 2.75) is 26.0 Å². The van der Waals surface area contributed by atoms with Gasteiger partial charge in [-0.3, -0.25) is 9.52 Å². The average molecular weight is 400 g/mol. The summed E-state index contributed by atoms with van der Waals surface area (Å²) in [4.78, 5) is 16.7. The molecule has 0 spiro atoms. The molecule has 1 aliphatic heterocycles. The molecule has 1 aliphatic rings. The van der Waals surface area contributed by atoms with Crippen LogP contribution >= 0.6 is 0 Å². The van der Waals surface area contributed by atoms with Gasteiger partial charge in [-0.2, -0.15) is 0 Å². The van der Waals surface area contributed by atoms with Crippen molar-refractivity contribution in [2.75, 3.05) is 44.8 Å².